The van der Waals surface area contributed by atoms with Gasteiger partial charge in [0.15, 0.2) is 0 Å². The third kappa shape index (κ3) is 3.14. The van der Waals surface area contributed by atoms with Crippen molar-refractivity contribution < 1.29 is 9.47 Å². The molecule has 0 aromatic heterocycles. The van der Waals surface area contributed by atoms with Crippen molar-refractivity contribution in [2.45, 2.75) is 6.61 Å². The molecule has 2 nitrogen and oxygen atoms in total. The summed E-state index contributed by atoms with van der Waals surface area (Å²) in [5.74, 6) is 1.37. The highest BCUT2D eigenvalue weighted by Gasteiger charge is 2.03. The van der Waals surface area contributed by atoms with E-state index in [1.54, 1.807) is 25.3 Å². The molecule has 0 heterocycles. The number of halogens is 1. The zero-order chi connectivity index (χ0) is 12.1. The fourth-order valence-electron chi connectivity index (χ4n) is 1.46. The van der Waals surface area contributed by atoms with Crippen molar-refractivity contribution in [3.63, 3.8) is 0 Å². The minimum Gasteiger partial charge on any atom is -0.497 e. The number of rotatable bonds is 4. The SMILES string of the molecule is COc1ccc(Cl)c(OCc2ccccc2)c1. The summed E-state index contributed by atoms with van der Waals surface area (Å²) in [6.45, 7) is 0.494. The van der Waals surface area contributed by atoms with Crippen LogP contribution in [0.15, 0.2) is 48.5 Å². The van der Waals surface area contributed by atoms with Crippen LogP contribution in [0, 0.1) is 0 Å². The van der Waals surface area contributed by atoms with Crippen molar-refractivity contribution in [1.29, 1.82) is 0 Å². The lowest BCUT2D eigenvalue weighted by molar-refractivity contribution is 0.304. The molecule has 0 bridgehead atoms. The largest absolute Gasteiger partial charge is 0.497 e. The Morgan fingerprint density at radius 2 is 1.82 bits per heavy atom. The lowest BCUT2D eigenvalue weighted by Gasteiger charge is -2.09. The van der Waals surface area contributed by atoms with Gasteiger partial charge in [0, 0.05) is 6.07 Å². The second-order valence-electron chi connectivity index (χ2n) is 3.57. The van der Waals surface area contributed by atoms with E-state index in [1.165, 1.54) is 0 Å². The summed E-state index contributed by atoms with van der Waals surface area (Å²) >= 11 is 6.04. The minimum atomic E-state index is 0.494. The van der Waals surface area contributed by atoms with E-state index in [-0.39, 0.29) is 0 Å². The van der Waals surface area contributed by atoms with E-state index in [9.17, 15) is 0 Å². The number of ether oxygens (including phenoxy) is 2. The first kappa shape index (κ1) is 11.8. The van der Waals surface area contributed by atoms with Crippen LogP contribution in [-0.2, 0) is 6.61 Å². The van der Waals surface area contributed by atoms with Crippen LogP contribution < -0.4 is 9.47 Å². The van der Waals surface area contributed by atoms with Crippen LogP contribution in [-0.4, -0.2) is 7.11 Å². The summed E-state index contributed by atoms with van der Waals surface area (Å²) in [6.07, 6.45) is 0. The molecule has 2 rings (SSSR count). The zero-order valence-corrected chi connectivity index (χ0v) is 10.3. The molecule has 0 saturated carbocycles. The third-order valence-electron chi connectivity index (χ3n) is 2.38. The first-order valence-electron chi connectivity index (χ1n) is 5.30. The molecule has 0 fully saturated rings. The fourth-order valence-corrected chi connectivity index (χ4v) is 1.63. The van der Waals surface area contributed by atoms with Gasteiger partial charge in [-0.3, -0.25) is 0 Å². The second kappa shape index (κ2) is 5.60. The van der Waals surface area contributed by atoms with E-state index in [1.807, 2.05) is 30.3 Å². The van der Waals surface area contributed by atoms with E-state index >= 15 is 0 Å². The van der Waals surface area contributed by atoms with E-state index in [2.05, 4.69) is 0 Å². The molecule has 0 N–H and O–H groups in total. The molecule has 3 heteroatoms. The monoisotopic (exact) mass is 248 g/mol. The van der Waals surface area contributed by atoms with Crippen LogP contribution in [0.1, 0.15) is 5.56 Å². The molecule has 0 unspecified atom stereocenters. The summed E-state index contributed by atoms with van der Waals surface area (Å²) in [5.41, 5.74) is 1.10. The molecule has 2 aromatic rings. The Kier molecular flexibility index (Phi) is 3.89. The molecule has 0 radical (unpaired) electrons. The maximum Gasteiger partial charge on any atom is 0.142 e. The third-order valence-corrected chi connectivity index (χ3v) is 2.69. The number of benzene rings is 2. The summed E-state index contributed by atoms with van der Waals surface area (Å²) in [4.78, 5) is 0. The predicted octanol–water partition coefficient (Wildman–Crippen LogP) is 3.93. The highest BCUT2D eigenvalue weighted by Crippen LogP contribution is 2.29. The number of methoxy groups -OCH3 is 1. The quantitative estimate of drug-likeness (QED) is 0.816. The van der Waals surface area contributed by atoms with Crippen molar-refractivity contribution in [2.75, 3.05) is 7.11 Å². The fraction of sp³-hybridized carbons (Fsp3) is 0.143. The van der Waals surface area contributed by atoms with Gasteiger partial charge < -0.3 is 9.47 Å². The van der Waals surface area contributed by atoms with E-state index in [0.29, 0.717) is 17.4 Å². The molecular weight excluding hydrogens is 236 g/mol. The van der Waals surface area contributed by atoms with Crippen molar-refractivity contribution in [3.05, 3.63) is 59.1 Å². The van der Waals surface area contributed by atoms with E-state index in [4.69, 9.17) is 21.1 Å². The molecule has 17 heavy (non-hydrogen) atoms. The lowest BCUT2D eigenvalue weighted by atomic mass is 10.2. The van der Waals surface area contributed by atoms with Crippen LogP contribution in [0.2, 0.25) is 5.02 Å². The summed E-state index contributed by atoms with van der Waals surface area (Å²) in [5, 5.41) is 0.585. The van der Waals surface area contributed by atoms with Crippen LogP contribution in [0.4, 0.5) is 0 Å². The Labute approximate surface area is 106 Å². The zero-order valence-electron chi connectivity index (χ0n) is 9.52. The van der Waals surface area contributed by atoms with Crippen molar-refractivity contribution in [2.24, 2.45) is 0 Å². The molecule has 0 atom stereocenters. The molecule has 0 aliphatic carbocycles. The van der Waals surface area contributed by atoms with Crippen molar-refractivity contribution in [3.8, 4) is 11.5 Å². The van der Waals surface area contributed by atoms with Gasteiger partial charge in [0.25, 0.3) is 0 Å². The van der Waals surface area contributed by atoms with Crippen LogP contribution >= 0.6 is 11.6 Å². The molecule has 88 valence electrons. The molecule has 2 aromatic carbocycles. The highest BCUT2D eigenvalue weighted by molar-refractivity contribution is 6.32. The Morgan fingerprint density at radius 3 is 2.53 bits per heavy atom. The number of hydrogen-bond donors (Lipinski definition) is 0. The summed E-state index contributed by atoms with van der Waals surface area (Å²) in [6, 6.07) is 15.3. The first-order chi connectivity index (χ1) is 8.29. The number of hydrogen-bond acceptors (Lipinski definition) is 2. The second-order valence-corrected chi connectivity index (χ2v) is 3.98. The molecule has 0 aliphatic heterocycles. The Bertz CT molecular complexity index is 483. The van der Waals surface area contributed by atoms with Gasteiger partial charge in [-0.2, -0.15) is 0 Å². The first-order valence-corrected chi connectivity index (χ1v) is 5.67. The Morgan fingerprint density at radius 1 is 1.06 bits per heavy atom. The highest BCUT2D eigenvalue weighted by atomic mass is 35.5. The van der Waals surface area contributed by atoms with E-state index in [0.717, 1.165) is 11.3 Å². The van der Waals surface area contributed by atoms with Gasteiger partial charge in [0.2, 0.25) is 0 Å². The topological polar surface area (TPSA) is 18.5 Å². The maximum absolute atomic E-state index is 6.04. The van der Waals surface area contributed by atoms with Gasteiger partial charge in [-0.05, 0) is 17.7 Å². The standard InChI is InChI=1S/C14H13ClO2/c1-16-12-7-8-13(15)14(9-12)17-10-11-5-3-2-4-6-11/h2-9H,10H2,1H3. The summed E-state index contributed by atoms with van der Waals surface area (Å²) in [7, 11) is 1.62. The van der Waals surface area contributed by atoms with Gasteiger partial charge in [0.05, 0.1) is 12.1 Å². The predicted molar refractivity (Wildman–Crippen MR) is 68.8 cm³/mol. The molecule has 0 spiro atoms. The van der Waals surface area contributed by atoms with Crippen LogP contribution in [0.5, 0.6) is 11.5 Å². The van der Waals surface area contributed by atoms with E-state index < -0.39 is 0 Å². The van der Waals surface area contributed by atoms with Crippen molar-refractivity contribution >= 4 is 11.6 Å². The summed E-state index contributed by atoms with van der Waals surface area (Å²) < 4.78 is 10.8. The molecule has 0 amide bonds. The molecular formula is C14H13ClO2. The smallest absolute Gasteiger partial charge is 0.142 e. The van der Waals surface area contributed by atoms with Gasteiger partial charge in [0.1, 0.15) is 18.1 Å². The lowest BCUT2D eigenvalue weighted by Crippen LogP contribution is -1.96. The van der Waals surface area contributed by atoms with Crippen molar-refractivity contribution in [1.82, 2.24) is 0 Å². The maximum atomic E-state index is 6.04. The Balaban J connectivity index is 2.08. The van der Waals surface area contributed by atoms with Gasteiger partial charge in [-0.1, -0.05) is 41.9 Å². The van der Waals surface area contributed by atoms with Gasteiger partial charge in [-0.25, -0.2) is 0 Å². The van der Waals surface area contributed by atoms with Gasteiger partial charge >= 0.3 is 0 Å². The normalized spacial score (nSPS) is 10.0. The average molecular weight is 249 g/mol. The van der Waals surface area contributed by atoms with Crippen LogP contribution in [0.25, 0.3) is 0 Å². The average Bonchev–Trinajstić information content (AvgIpc) is 2.39. The minimum absolute atomic E-state index is 0.494. The molecule has 0 saturated heterocycles. The van der Waals surface area contributed by atoms with Crippen LogP contribution in [0.3, 0.4) is 0 Å². The molecule has 0 aliphatic rings. The van der Waals surface area contributed by atoms with Gasteiger partial charge in [-0.15, -0.1) is 0 Å². The Hall–Kier alpha value is -1.67.